The van der Waals surface area contributed by atoms with Gasteiger partial charge in [0.05, 0.1) is 16.2 Å². The van der Waals surface area contributed by atoms with Crippen molar-refractivity contribution in [2.45, 2.75) is 27.7 Å². The van der Waals surface area contributed by atoms with E-state index in [1.165, 1.54) is 28.0 Å². The molecule has 0 saturated carbocycles. The van der Waals surface area contributed by atoms with E-state index in [2.05, 4.69) is 62.0 Å². The molecule has 0 bridgehead atoms. The maximum atomic E-state index is 10.6. The molecular weight excluding hydrogens is 312 g/mol. The molecule has 25 heavy (non-hydrogen) atoms. The second-order valence-electron chi connectivity index (χ2n) is 6.09. The molecule has 0 amide bonds. The Morgan fingerprint density at radius 2 is 1.44 bits per heavy atom. The first kappa shape index (κ1) is 18.3. The largest absolute Gasteiger partial charge is 0.274 e. The van der Waals surface area contributed by atoms with Gasteiger partial charge in [-0.15, -0.1) is 0 Å². The van der Waals surface area contributed by atoms with Gasteiger partial charge in [-0.3, -0.25) is 15.1 Å². The third-order valence-corrected chi connectivity index (χ3v) is 4.22. The zero-order chi connectivity index (χ0) is 18.6. The molecule has 0 N–H and O–H groups in total. The van der Waals surface area contributed by atoms with Crippen molar-refractivity contribution in [1.82, 2.24) is 0 Å². The first-order valence-corrected chi connectivity index (χ1v) is 8.02. The fourth-order valence-electron chi connectivity index (χ4n) is 2.80. The van der Waals surface area contributed by atoms with E-state index in [9.17, 15) is 10.1 Å². The van der Waals surface area contributed by atoms with E-state index >= 15 is 0 Å². The number of fused-ring (bicyclic) bond motifs is 1. The standard InChI is InChI=1S/C12H12.C9H10N2O2/c1-9-5-3-8-12-10(2)6-4-7-11(9)12;1-6-4-8(10-3)7(2)9(5-6)11(12)13/h3-8H,1-2H3;4-5H,3H2,1-2H3. The monoisotopic (exact) mass is 334 g/mol. The Hall–Kier alpha value is -3.01. The lowest BCUT2D eigenvalue weighted by Crippen LogP contribution is -1.92. The molecule has 0 aromatic heterocycles. The summed E-state index contributed by atoms with van der Waals surface area (Å²) in [4.78, 5) is 13.9. The maximum absolute atomic E-state index is 10.6. The summed E-state index contributed by atoms with van der Waals surface area (Å²) >= 11 is 0. The van der Waals surface area contributed by atoms with Crippen molar-refractivity contribution in [3.8, 4) is 0 Å². The predicted molar refractivity (Wildman–Crippen MR) is 105 cm³/mol. The van der Waals surface area contributed by atoms with Gasteiger partial charge in [-0.2, -0.15) is 0 Å². The summed E-state index contributed by atoms with van der Waals surface area (Å²) in [5.41, 5.74) is 4.77. The molecular formula is C21H22N2O2. The molecule has 0 spiro atoms. The van der Waals surface area contributed by atoms with Crippen molar-refractivity contribution in [2.75, 3.05) is 0 Å². The van der Waals surface area contributed by atoms with E-state index in [4.69, 9.17) is 0 Å². The van der Waals surface area contributed by atoms with Crippen LogP contribution in [0, 0.1) is 37.8 Å². The molecule has 4 heteroatoms. The molecule has 3 aromatic rings. The minimum Gasteiger partial charge on any atom is -0.264 e. The highest BCUT2D eigenvalue weighted by Gasteiger charge is 2.13. The van der Waals surface area contributed by atoms with Crippen molar-refractivity contribution >= 4 is 28.9 Å². The molecule has 0 fully saturated rings. The van der Waals surface area contributed by atoms with Crippen LogP contribution in [-0.2, 0) is 0 Å². The highest BCUT2D eigenvalue weighted by molar-refractivity contribution is 5.88. The lowest BCUT2D eigenvalue weighted by atomic mass is 10.0. The number of rotatable bonds is 2. The van der Waals surface area contributed by atoms with Gasteiger partial charge in [-0.05, 0) is 67.9 Å². The lowest BCUT2D eigenvalue weighted by Gasteiger charge is -2.03. The van der Waals surface area contributed by atoms with Crippen LogP contribution >= 0.6 is 0 Å². The highest BCUT2D eigenvalue weighted by atomic mass is 16.6. The molecule has 128 valence electrons. The van der Waals surface area contributed by atoms with Crippen LogP contribution in [-0.4, -0.2) is 11.6 Å². The van der Waals surface area contributed by atoms with Gasteiger partial charge in [-0.25, -0.2) is 0 Å². The summed E-state index contributed by atoms with van der Waals surface area (Å²) in [5.74, 6) is 0. The number of nitro groups is 1. The Kier molecular flexibility index (Phi) is 5.65. The average molecular weight is 334 g/mol. The van der Waals surface area contributed by atoms with Crippen molar-refractivity contribution in [3.05, 3.63) is 80.9 Å². The van der Waals surface area contributed by atoms with Crippen LogP contribution in [0.15, 0.2) is 53.5 Å². The Morgan fingerprint density at radius 3 is 1.88 bits per heavy atom. The summed E-state index contributed by atoms with van der Waals surface area (Å²) in [6, 6.07) is 16.2. The number of aliphatic imine (C=N–C) groups is 1. The minimum atomic E-state index is -0.406. The Labute approximate surface area is 148 Å². The quantitative estimate of drug-likeness (QED) is 0.328. The zero-order valence-electron chi connectivity index (χ0n) is 15.0. The molecule has 4 nitrogen and oxygen atoms in total. The van der Waals surface area contributed by atoms with Gasteiger partial charge in [0.1, 0.15) is 0 Å². The summed E-state index contributed by atoms with van der Waals surface area (Å²) in [7, 11) is 0. The van der Waals surface area contributed by atoms with Crippen LogP contribution in [0.1, 0.15) is 22.3 Å². The van der Waals surface area contributed by atoms with E-state index < -0.39 is 4.92 Å². The maximum Gasteiger partial charge on any atom is 0.274 e. The molecule has 3 aromatic carbocycles. The minimum absolute atomic E-state index is 0.0994. The van der Waals surface area contributed by atoms with Crippen molar-refractivity contribution in [3.63, 3.8) is 0 Å². The molecule has 0 atom stereocenters. The number of nitrogens with zero attached hydrogens (tertiary/aromatic N) is 2. The number of hydrogen-bond acceptors (Lipinski definition) is 3. The topological polar surface area (TPSA) is 55.5 Å². The van der Waals surface area contributed by atoms with E-state index in [0.717, 1.165) is 5.56 Å². The average Bonchev–Trinajstić information content (AvgIpc) is 2.58. The van der Waals surface area contributed by atoms with Gasteiger partial charge in [0.2, 0.25) is 0 Å². The first-order valence-electron chi connectivity index (χ1n) is 8.02. The van der Waals surface area contributed by atoms with Crippen molar-refractivity contribution in [1.29, 1.82) is 0 Å². The van der Waals surface area contributed by atoms with Gasteiger partial charge in [0.25, 0.3) is 5.69 Å². The Bertz CT molecular complexity index is 905. The highest BCUT2D eigenvalue weighted by Crippen LogP contribution is 2.28. The molecule has 0 heterocycles. The summed E-state index contributed by atoms with van der Waals surface area (Å²) in [6.07, 6.45) is 0. The van der Waals surface area contributed by atoms with Crippen molar-refractivity contribution in [2.24, 2.45) is 4.99 Å². The molecule has 0 aliphatic carbocycles. The van der Waals surface area contributed by atoms with Crippen LogP contribution in [0.2, 0.25) is 0 Å². The van der Waals surface area contributed by atoms with E-state index in [0.29, 0.717) is 11.3 Å². The van der Waals surface area contributed by atoms with Gasteiger partial charge in [-0.1, -0.05) is 36.4 Å². The Morgan fingerprint density at radius 1 is 0.920 bits per heavy atom. The van der Waals surface area contributed by atoms with E-state index in [1.54, 1.807) is 19.9 Å². The zero-order valence-corrected chi connectivity index (χ0v) is 15.0. The molecule has 0 aliphatic heterocycles. The number of hydrogen-bond donors (Lipinski definition) is 0. The van der Waals surface area contributed by atoms with E-state index in [-0.39, 0.29) is 5.69 Å². The second kappa shape index (κ2) is 7.71. The normalized spacial score (nSPS) is 10.1. The first-order chi connectivity index (χ1) is 11.8. The van der Waals surface area contributed by atoms with Gasteiger partial charge in [0, 0.05) is 6.07 Å². The van der Waals surface area contributed by atoms with Crippen LogP contribution in [0.25, 0.3) is 10.8 Å². The van der Waals surface area contributed by atoms with Crippen molar-refractivity contribution < 1.29 is 4.92 Å². The van der Waals surface area contributed by atoms with E-state index in [1.807, 2.05) is 0 Å². The summed E-state index contributed by atoms with van der Waals surface area (Å²) in [6.45, 7) is 11.1. The molecule has 0 saturated heterocycles. The third kappa shape index (κ3) is 4.10. The molecule has 0 radical (unpaired) electrons. The molecule has 3 rings (SSSR count). The van der Waals surface area contributed by atoms with Crippen LogP contribution < -0.4 is 0 Å². The number of benzene rings is 3. The second-order valence-corrected chi connectivity index (χ2v) is 6.09. The Balaban J connectivity index is 0.000000181. The smallest absolute Gasteiger partial charge is 0.264 e. The predicted octanol–water partition coefficient (Wildman–Crippen LogP) is 6.00. The summed E-state index contributed by atoms with van der Waals surface area (Å²) in [5, 5.41) is 13.3. The van der Waals surface area contributed by atoms with Gasteiger partial charge >= 0.3 is 0 Å². The van der Waals surface area contributed by atoms with Gasteiger partial charge < -0.3 is 0 Å². The molecule has 0 unspecified atom stereocenters. The lowest BCUT2D eigenvalue weighted by molar-refractivity contribution is -0.385. The number of nitro benzene ring substituents is 1. The van der Waals surface area contributed by atoms with Crippen LogP contribution in [0.3, 0.4) is 0 Å². The number of aryl methyl sites for hydroxylation is 3. The van der Waals surface area contributed by atoms with Gasteiger partial charge in [0.15, 0.2) is 0 Å². The molecule has 0 aliphatic rings. The SMILES string of the molecule is C=Nc1cc(C)cc([N+](=O)[O-])c1C.Cc1cccc2c(C)cccc12. The fourth-order valence-corrected chi connectivity index (χ4v) is 2.80. The third-order valence-electron chi connectivity index (χ3n) is 4.22. The van der Waals surface area contributed by atoms with Crippen LogP contribution in [0.4, 0.5) is 11.4 Å². The van der Waals surface area contributed by atoms with Crippen LogP contribution in [0.5, 0.6) is 0 Å². The summed E-state index contributed by atoms with van der Waals surface area (Å²) < 4.78 is 0. The fraction of sp³-hybridized carbons (Fsp3) is 0.190.